The van der Waals surface area contributed by atoms with Crippen molar-refractivity contribution in [1.82, 2.24) is 26.6 Å². The molecule has 118 heavy (non-hydrogen) atoms. The molecule has 0 unspecified atom stereocenters. The third-order valence-electron chi connectivity index (χ3n) is 20.4. The van der Waals surface area contributed by atoms with Gasteiger partial charge in [0.1, 0.15) is 190 Å². The lowest BCUT2D eigenvalue weighted by molar-refractivity contribution is -0.389. The van der Waals surface area contributed by atoms with Gasteiger partial charge in [0.05, 0.1) is 89.8 Å². The standard InChI is InChI=1S/C64H107N5O49/c1-17(80)65-20(6-70)48(111-59-46(99)54(41(94)27(10-74)107-59)117-63(61(101)102)4-21(83)33(68-31(88)14-78)51(115-63)37(90)23(85)7-71)39(92)25(87)16-105-56-35(66-18(2)81)43(96)49(29(12-76)109-56)112-58-45(98)53(40(93)26(9-73)106-58)114-57-36(67-19(3)82)44(97)50(30(13-77)110-57)113-60-47(100)55(42(95)28(11-75)108-60)118-64(62(103)104)5-22(84)34(69-32(89)15-79)52(116-64)38(91)24(86)8-72/h20-30,33-60,70-79,83-87,90-100H,4-16H2,1-3H3,(H,65,80)(H,66,81)(H,67,82)(H,68,88)(H,69,89)(H,101,102)(H,103,104)/t20-,21-,22-,23+,24+,25+,26+,27+,28+,29+,30+,33+,34+,35+,36+,37+,38+,39-,40-,41-,42-,43+,44+,45+,46+,47+,48+,49+,50+,51+,52+,53-,54-,55-,56+,57-,58-,59-,60-,63-,64-/m0/s1. The minimum absolute atomic E-state index is 0.886. The third kappa shape index (κ3) is 22.8. The van der Waals surface area contributed by atoms with E-state index in [1.54, 1.807) is 0 Å². The molecule has 33 N–H and O–H groups in total. The van der Waals surface area contributed by atoms with Crippen molar-refractivity contribution in [2.75, 3.05) is 72.7 Å². The maximum Gasteiger partial charge on any atom is 0.364 e. The molecule has 41 atom stereocenters. The summed E-state index contributed by atoms with van der Waals surface area (Å²) < 4.78 is 80.6. The van der Waals surface area contributed by atoms with E-state index in [1.165, 1.54) is 0 Å². The van der Waals surface area contributed by atoms with Crippen molar-refractivity contribution in [3.8, 4) is 0 Å². The molecule has 7 saturated heterocycles. The second kappa shape index (κ2) is 43.8. The number of ether oxygens (including phenoxy) is 14. The van der Waals surface area contributed by atoms with Crippen LogP contribution >= 0.6 is 0 Å². The molecular formula is C64H107N5O49. The summed E-state index contributed by atoms with van der Waals surface area (Å²) in [5, 5.41) is 317. The molecule has 7 aliphatic rings. The number of carboxylic acid groups (broad SMARTS) is 2. The van der Waals surface area contributed by atoms with Gasteiger partial charge in [-0.2, -0.15) is 0 Å². The second-order valence-corrected chi connectivity index (χ2v) is 28.8. The van der Waals surface area contributed by atoms with E-state index in [0.29, 0.717) is 0 Å². The number of aliphatic carboxylic acids is 2. The molecule has 0 aromatic carbocycles. The van der Waals surface area contributed by atoms with Crippen LogP contribution in [0.1, 0.15) is 33.6 Å². The molecule has 0 aliphatic carbocycles. The van der Waals surface area contributed by atoms with Gasteiger partial charge in [-0.3, -0.25) is 24.0 Å². The lowest BCUT2D eigenvalue weighted by Crippen LogP contribution is -2.71. The molecule has 54 heteroatoms. The first-order chi connectivity index (χ1) is 55.5. The molecule has 5 amide bonds. The molecule has 7 aliphatic heterocycles. The number of carbonyl (C=O) groups is 7. The highest BCUT2D eigenvalue weighted by Gasteiger charge is 2.64. The van der Waals surface area contributed by atoms with Crippen molar-refractivity contribution < 1.29 is 243 Å². The molecule has 54 nitrogen and oxygen atoms in total. The number of nitrogens with one attached hydrogen (secondary N) is 5. The zero-order chi connectivity index (χ0) is 88.2. The van der Waals surface area contributed by atoms with Gasteiger partial charge >= 0.3 is 11.9 Å². The number of hydrogen-bond acceptors (Lipinski definition) is 47. The molecule has 682 valence electrons. The molecule has 7 rings (SSSR count). The van der Waals surface area contributed by atoms with Crippen LogP contribution < -0.4 is 26.6 Å². The van der Waals surface area contributed by atoms with Crippen LogP contribution in [0.3, 0.4) is 0 Å². The maximum absolute atomic E-state index is 13.2. The first kappa shape index (κ1) is 99.8. The first-order valence-corrected chi connectivity index (χ1v) is 36.6. The van der Waals surface area contributed by atoms with Crippen molar-refractivity contribution in [3.05, 3.63) is 0 Å². The third-order valence-corrected chi connectivity index (χ3v) is 20.4. The van der Waals surface area contributed by atoms with Gasteiger partial charge in [0.2, 0.25) is 29.5 Å². The van der Waals surface area contributed by atoms with Gasteiger partial charge in [-0.05, 0) is 0 Å². The average Bonchev–Trinajstić information content (AvgIpc) is 0.757. The number of rotatable bonds is 39. The van der Waals surface area contributed by atoms with E-state index in [4.69, 9.17) is 66.3 Å². The van der Waals surface area contributed by atoms with Crippen LogP contribution in [0.15, 0.2) is 0 Å². The van der Waals surface area contributed by atoms with Crippen molar-refractivity contribution in [2.24, 2.45) is 0 Å². The molecular weight excluding hydrogens is 1620 g/mol. The van der Waals surface area contributed by atoms with Gasteiger partial charge in [0.25, 0.3) is 11.6 Å². The fourth-order valence-electron chi connectivity index (χ4n) is 14.4. The van der Waals surface area contributed by atoms with Gasteiger partial charge in [-0.1, -0.05) is 0 Å². The van der Waals surface area contributed by atoms with Crippen LogP contribution in [0.25, 0.3) is 0 Å². The van der Waals surface area contributed by atoms with Crippen molar-refractivity contribution >= 4 is 41.5 Å². The highest BCUT2D eigenvalue weighted by atomic mass is 16.8. The SMILES string of the molecule is CC(=O)N[C@H]1[C@H](OC[C@@H](O)[C@H](O)[C@H](O[C@@H]2O[C@H](CO)[C@H](O)[C@H](O[C@]3(C(=O)O)C[C@H](O)[C@@H](NC(=O)CO)[C@H]([C@H](O)[C@H](O)CO)O3)[C@H]2O)[C@H](CO)NC(C)=O)O[C@H](CO)[C@@H](O[C@@H]2O[C@H](CO)[C@H](O)[C@H](O[C@@H]3O[C@H](CO)[C@@H](O[C@@H]4O[C@H](CO)[C@H](O)[C@H](O[C@]5(C(=O)O)C[C@H](O)[C@@H](NC(=O)CO)[C@H]([C@H](O)[C@H](O)CO)O5)[C@H]4O)[C@H](O)[C@H]3NC(C)=O)[C@H]2O)[C@@H]1O. The molecule has 0 spiro atoms. The van der Waals surface area contributed by atoms with Gasteiger partial charge in [-0.15, -0.1) is 0 Å². The zero-order valence-electron chi connectivity index (χ0n) is 62.8. The largest absolute Gasteiger partial charge is 0.477 e. The molecule has 0 radical (unpaired) electrons. The molecule has 0 saturated carbocycles. The summed E-state index contributed by atoms with van der Waals surface area (Å²) in [6, 6.07) is -9.64. The average molecular weight is 1730 g/mol. The number of aliphatic hydroxyl groups excluding tert-OH is 26. The Morgan fingerprint density at radius 1 is 0.398 bits per heavy atom. The predicted octanol–water partition coefficient (Wildman–Crippen LogP) is -21.7. The monoisotopic (exact) mass is 1730 g/mol. The Balaban J connectivity index is 1.09. The second-order valence-electron chi connectivity index (χ2n) is 28.8. The van der Waals surface area contributed by atoms with Crippen LogP contribution in [-0.4, -0.2) is 507 Å². The van der Waals surface area contributed by atoms with E-state index in [2.05, 4.69) is 21.3 Å². The summed E-state index contributed by atoms with van der Waals surface area (Å²) >= 11 is 0. The van der Waals surface area contributed by atoms with E-state index in [1.807, 2.05) is 5.32 Å². The lowest BCUT2D eigenvalue weighted by atomic mass is 9.88. The summed E-state index contributed by atoms with van der Waals surface area (Å²) in [7, 11) is 0. The Hall–Kier alpha value is -5.31. The van der Waals surface area contributed by atoms with E-state index in [9.17, 15) is 177 Å². The summed E-state index contributed by atoms with van der Waals surface area (Å²) in [4.78, 5) is 89.2. The molecule has 7 heterocycles. The van der Waals surface area contributed by atoms with Crippen LogP contribution in [-0.2, 0) is 99.9 Å². The van der Waals surface area contributed by atoms with Crippen LogP contribution in [0.5, 0.6) is 0 Å². The minimum atomic E-state index is -3.36. The van der Waals surface area contributed by atoms with Crippen molar-refractivity contribution in [2.45, 2.75) is 284 Å². The Morgan fingerprint density at radius 3 is 1.12 bits per heavy atom. The Labute approximate surface area is 665 Å². The van der Waals surface area contributed by atoms with Gasteiger partial charge < -0.3 is 236 Å². The van der Waals surface area contributed by atoms with Crippen molar-refractivity contribution in [1.29, 1.82) is 0 Å². The number of hydrogen-bond donors (Lipinski definition) is 33. The topological polar surface area (TPSA) is 875 Å². The van der Waals surface area contributed by atoms with E-state index >= 15 is 0 Å². The van der Waals surface area contributed by atoms with E-state index in [0.717, 1.165) is 20.8 Å². The van der Waals surface area contributed by atoms with Gasteiger partial charge in [-0.25, -0.2) is 9.59 Å². The smallest absolute Gasteiger partial charge is 0.364 e. The van der Waals surface area contributed by atoms with E-state index in [-0.39, 0.29) is 0 Å². The first-order valence-electron chi connectivity index (χ1n) is 36.6. The predicted molar refractivity (Wildman–Crippen MR) is 362 cm³/mol. The number of amides is 5. The minimum Gasteiger partial charge on any atom is -0.477 e. The lowest BCUT2D eigenvalue weighted by Gasteiger charge is -2.51. The highest BCUT2D eigenvalue weighted by Crippen LogP contribution is 2.42. The zero-order valence-corrected chi connectivity index (χ0v) is 62.8. The number of aliphatic hydroxyl groups is 26. The molecule has 0 aromatic rings. The van der Waals surface area contributed by atoms with Gasteiger partial charge in [0, 0.05) is 33.6 Å². The molecule has 0 bridgehead atoms. The fourth-order valence-corrected chi connectivity index (χ4v) is 14.4. The normalized spacial score (nSPS) is 41.2. The summed E-state index contributed by atoms with van der Waals surface area (Å²) in [5.74, 6) is -16.5. The Morgan fingerprint density at radius 2 is 0.754 bits per heavy atom. The quantitative estimate of drug-likeness (QED) is 0.0272. The highest BCUT2D eigenvalue weighted by molar-refractivity contribution is 5.79. The number of carbonyl (C=O) groups excluding carboxylic acids is 5. The fraction of sp³-hybridized carbons (Fsp3) is 0.891. The molecule has 0 aromatic heterocycles. The summed E-state index contributed by atoms with van der Waals surface area (Å²) in [6.45, 7) is -10.9. The molecule has 7 fully saturated rings. The Kier molecular flexibility index (Phi) is 37.1. The van der Waals surface area contributed by atoms with Gasteiger partial charge in [0.15, 0.2) is 31.5 Å². The van der Waals surface area contributed by atoms with Crippen LogP contribution in [0.2, 0.25) is 0 Å². The number of carboxylic acids is 2. The van der Waals surface area contributed by atoms with E-state index < -0.39 is 377 Å². The van der Waals surface area contributed by atoms with Crippen LogP contribution in [0, 0.1) is 0 Å². The van der Waals surface area contributed by atoms with Crippen LogP contribution in [0.4, 0.5) is 0 Å². The van der Waals surface area contributed by atoms with Crippen molar-refractivity contribution in [3.63, 3.8) is 0 Å². The summed E-state index contributed by atoms with van der Waals surface area (Å²) in [6.07, 6.45) is -79.3. The Bertz CT molecular complexity index is 3230. The summed E-state index contributed by atoms with van der Waals surface area (Å²) in [5.41, 5.74) is 0. The maximum atomic E-state index is 13.2.